The average molecular weight is 1630 g/mol. The van der Waals surface area contributed by atoms with Gasteiger partial charge in [-0.25, -0.2) is 25.5 Å². The van der Waals surface area contributed by atoms with Crippen molar-refractivity contribution in [2.24, 2.45) is 0 Å². The Labute approximate surface area is 675 Å². The summed E-state index contributed by atoms with van der Waals surface area (Å²) in [5.74, 6) is -0.816. The number of benzene rings is 7. The highest BCUT2D eigenvalue weighted by molar-refractivity contribution is 7.48. The standard InChI is InChI=1S/C54H60N7O11PSi.C33H37N3O5Si/c1-8-42-43(31-46(69-42)60-33-36(2)48(58-52(60)64)56-50(62)38-21-13-9-14-22-38)71-73(66,67-30-29-55-7)68-35-45-44(72-74(54(4,5)6,40-25-17-11-18-26-40)41-27-19-12-20-28-41)32-47(70-45)61-34-37(3)49(59-53(61)65)57-51(63)39-23-15-10-16-24-39;1-23-21-36(32(39)35-30(23)34-31(38)24-14-8-5-9-15-24)29-20-27(28(22-37)40-29)41-42(33(2,3)4,25-16-10-6-11-17-25)26-18-12-7-13-19-26/h9-28,33-34,42-47H,8,29-32,35H2,1-6H3,(H,56,58,62,64)(H,57,59,63,65);5-19,21,27-29,37H,20,22H2,1-4H3,(H,34,35,38,39)/t42-,43-,44-,45-,46-,47-,73?;27-,28-,29-/m11/s1. The van der Waals surface area contributed by atoms with Crippen molar-refractivity contribution in [1.29, 1.82) is 0 Å². The third-order valence-corrected chi connectivity index (χ3v) is 32.5. The first-order chi connectivity index (χ1) is 55.7. The quantitative estimate of drug-likeness (QED) is 0.0161. The van der Waals surface area contributed by atoms with Gasteiger partial charge >= 0.3 is 24.9 Å². The summed E-state index contributed by atoms with van der Waals surface area (Å²) in [6, 6.07) is 66.5. The maximum atomic E-state index is 15.0. The Morgan fingerprint density at radius 2 is 0.784 bits per heavy atom. The summed E-state index contributed by atoms with van der Waals surface area (Å²) >= 11 is 0. The second kappa shape index (κ2) is 37.1. The molecule has 0 bridgehead atoms. The van der Waals surface area contributed by atoms with E-state index in [1.807, 2.05) is 85.8 Å². The van der Waals surface area contributed by atoms with Gasteiger partial charge in [0.05, 0.1) is 37.6 Å². The molecule has 3 aliphatic heterocycles. The lowest BCUT2D eigenvalue weighted by atomic mass is 10.1. The van der Waals surface area contributed by atoms with Crippen molar-refractivity contribution in [3.8, 4) is 0 Å². The average Bonchev–Trinajstić information content (AvgIpc) is 1.11. The molecule has 3 fully saturated rings. The molecule has 3 aliphatic rings. The molecular weight excluding hydrogens is 1530 g/mol. The molecule has 0 aliphatic carbocycles. The van der Waals surface area contributed by atoms with Gasteiger partial charge < -0.3 is 49.0 Å². The van der Waals surface area contributed by atoms with Crippen molar-refractivity contribution in [2.75, 3.05) is 42.3 Å². The SMILES string of the molecule is Cc1cn([C@H]2C[C@@H](O[Si](c3ccccc3)(c3ccccc3)C(C)(C)C)[C@@H](CO)O2)c(=O)nc1NC(=O)c1ccccc1.[C-]#[N+]CCOP(=O)(OC[C@H]1O[C@@H](n2cc(C)c(NC(=O)c3ccccc3)nc2=O)C[C@H]1O[Si](c1ccccc1)(c1ccccc1)C(C)(C)C)O[C@@H]1C[C@H](n2cc(C)c(NC(=O)c3ccccc3)nc2=O)O[C@@H]1CC. The molecule has 10 aromatic rings. The summed E-state index contributed by atoms with van der Waals surface area (Å²) in [7, 11) is -10.8. The van der Waals surface area contributed by atoms with Crippen LogP contribution in [-0.4, -0.2) is 131 Å². The van der Waals surface area contributed by atoms with Crippen LogP contribution in [0.3, 0.4) is 0 Å². The van der Waals surface area contributed by atoms with Crippen LogP contribution in [0.4, 0.5) is 17.5 Å². The maximum absolute atomic E-state index is 15.0. The number of rotatable bonds is 27. The molecule has 116 heavy (non-hydrogen) atoms. The Bertz CT molecular complexity index is 5260. The predicted octanol–water partition coefficient (Wildman–Crippen LogP) is 12.0. The van der Waals surface area contributed by atoms with E-state index in [1.165, 1.54) is 19.9 Å². The van der Waals surface area contributed by atoms with E-state index in [-0.39, 0.29) is 61.0 Å². The zero-order valence-electron chi connectivity index (χ0n) is 66.4. The van der Waals surface area contributed by atoms with E-state index >= 15 is 4.57 Å². The number of phosphoric ester groups is 1. The molecule has 0 radical (unpaired) electrons. The molecular formula is C87H97N10O16PSi2. The second-order valence-corrected chi connectivity index (χ2v) is 40.9. The summed E-state index contributed by atoms with van der Waals surface area (Å²) in [5, 5.41) is 22.1. The van der Waals surface area contributed by atoms with E-state index in [0.29, 0.717) is 46.2 Å². The molecule has 1 unspecified atom stereocenters. The monoisotopic (exact) mass is 1620 g/mol. The van der Waals surface area contributed by atoms with Crippen LogP contribution in [0, 0.1) is 27.3 Å². The molecule has 10 atom stereocenters. The molecule has 7 aromatic carbocycles. The number of aliphatic hydroxyl groups excluding tert-OH is 1. The molecule has 3 amide bonds. The van der Waals surface area contributed by atoms with Gasteiger partial charge in [-0.15, -0.1) is 0 Å². The van der Waals surface area contributed by atoms with E-state index in [1.54, 1.807) is 118 Å². The molecule has 3 saturated heterocycles. The fourth-order valence-corrected chi connectivity index (χ4v) is 25.9. The van der Waals surface area contributed by atoms with Crippen LogP contribution < -0.4 is 53.8 Å². The zero-order chi connectivity index (χ0) is 82.5. The minimum atomic E-state index is -4.59. The van der Waals surface area contributed by atoms with Gasteiger partial charge in [0, 0.05) is 71.2 Å². The van der Waals surface area contributed by atoms with Crippen molar-refractivity contribution >= 4 is 80.4 Å². The third kappa shape index (κ3) is 19.1. The molecule has 13 rings (SSSR count). The maximum Gasteiger partial charge on any atom is 0.475 e. The largest absolute Gasteiger partial charge is 0.475 e. The number of carbonyl (C=O) groups is 3. The van der Waals surface area contributed by atoms with Crippen molar-refractivity contribution in [1.82, 2.24) is 28.7 Å². The zero-order valence-corrected chi connectivity index (χ0v) is 69.3. The smallest absolute Gasteiger partial charge is 0.402 e. The number of phosphoric acid groups is 1. The van der Waals surface area contributed by atoms with Gasteiger partial charge in [0.2, 0.25) is 6.54 Å². The predicted molar refractivity (Wildman–Crippen MR) is 447 cm³/mol. The molecule has 4 N–H and O–H groups in total. The van der Waals surface area contributed by atoms with Gasteiger partial charge in [-0.05, 0) is 94.4 Å². The van der Waals surface area contributed by atoms with Gasteiger partial charge in [0.15, 0.2) is 0 Å². The van der Waals surface area contributed by atoms with Crippen LogP contribution in [0.25, 0.3) is 4.85 Å². The van der Waals surface area contributed by atoms with Gasteiger partial charge in [-0.3, -0.25) is 41.7 Å². The number of nitrogens with one attached hydrogen (secondary N) is 3. The van der Waals surface area contributed by atoms with E-state index < -0.39 is 120 Å². The molecule has 26 nitrogen and oxygen atoms in total. The molecule has 0 spiro atoms. The minimum absolute atomic E-state index is 0.0352. The fourth-order valence-electron chi connectivity index (χ4n) is 15.1. The van der Waals surface area contributed by atoms with Gasteiger partial charge in [0.25, 0.3) is 34.4 Å². The highest BCUT2D eigenvalue weighted by Gasteiger charge is 2.56. The molecule has 0 saturated carbocycles. The number of anilines is 3. The number of hydrogen-bond acceptors (Lipinski definition) is 19. The highest BCUT2D eigenvalue weighted by Crippen LogP contribution is 2.54. The summed E-state index contributed by atoms with van der Waals surface area (Å²) in [6.45, 7) is 26.4. The Kier molecular flexibility index (Phi) is 27.1. The third-order valence-electron chi connectivity index (χ3n) is 20.9. The lowest BCUT2D eigenvalue weighted by Gasteiger charge is -2.45. The highest BCUT2D eigenvalue weighted by atomic mass is 31.2. The number of aliphatic hydroxyl groups is 1. The van der Waals surface area contributed by atoms with Crippen LogP contribution in [0.2, 0.25) is 10.1 Å². The molecule has 604 valence electrons. The van der Waals surface area contributed by atoms with Crippen LogP contribution in [-0.2, 0) is 41.2 Å². The van der Waals surface area contributed by atoms with Crippen molar-refractivity contribution in [2.45, 2.75) is 160 Å². The first-order valence-corrected chi connectivity index (χ1v) is 43.9. The van der Waals surface area contributed by atoms with Crippen LogP contribution in [0.15, 0.2) is 245 Å². The first-order valence-electron chi connectivity index (χ1n) is 38.6. The van der Waals surface area contributed by atoms with Gasteiger partial charge in [0.1, 0.15) is 55.0 Å². The Morgan fingerprint density at radius 3 is 1.09 bits per heavy atom. The second-order valence-electron chi connectivity index (χ2n) is 30.8. The molecule has 6 heterocycles. The van der Waals surface area contributed by atoms with E-state index in [2.05, 4.69) is 126 Å². The summed E-state index contributed by atoms with van der Waals surface area (Å²) < 4.78 is 71.7. The number of amides is 3. The Balaban J connectivity index is 0.000000249. The Morgan fingerprint density at radius 1 is 0.483 bits per heavy atom. The number of aromatic nitrogens is 6. The fraction of sp³-hybridized carbons (Fsp3) is 0.333. The summed E-state index contributed by atoms with van der Waals surface area (Å²) in [6.07, 6.45) is -1.42. The van der Waals surface area contributed by atoms with Crippen LogP contribution in [0.1, 0.15) is 141 Å². The lowest BCUT2D eigenvalue weighted by molar-refractivity contribution is -0.0518. The van der Waals surface area contributed by atoms with Crippen molar-refractivity contribution in [3.63, 3.8) is 0 Å². The summed E-state index contributed by atoms with van der Waals surface area (Å²) in [4.78, 5) is 95.4. The van der Waals surface area contributed by atoms with Crippen LogP contribution >= 0.6 is 7.82 Å². The topological polar surface area (TPSA) is 307 Å². The minimum Gasteiger partial charge on any atom is -0.402 e. The summed E-state index contributed by atoms with van der Waals surface area (Å²) in [5.41, 5.74) is 0.923. The number of carbonyl (C=O) groups excluding carboxylic acids is 3. The van der Waals surface area contributed by atoms with Gasteiger partial charge in [-0.1, -0.05) is 224 Å². The normalized spacial score (nSPS) is 20.0. The van der Waals surface area contributed by atoms with Crippen molar-refractivity contribution in [3.05, 3.63) is 307 Å². The lowest BCUT2D eigenvalue weighted by Crippen LogP contribution is -2.68. The van der Waals surface area contributed by atoms with Gasteiger partial charge in [-0.2, -0.15) is 15.0 Å². The number of aryl methyl sites for hydroxylation is 3. The van der Waals surface area contributed by atoms with E-state index in [0.717, 1.165) is 20.7 Å². The van der Waals surface area contributed by atoms with Crippen molar-refractivity contribution < 1.29 is 60.7 Å². The Hall–Kier alpha value is -10.6. The van der Waals surface area contributed by atoms with E-state index in [4.69, 9.17) is 43.2 Å². The number of hydrogen-bond donors (Lipinski definition) is 4. The first kappa shape index (κ1) is 84.8. The molecule has 3 aromatic heterocycles. The van der Waals surface area contributed by atoms with E-state index in [9.17, 15) is 33.9 Å². The van der Waals surface area contributed by atoms with Crippen LogP contribution in [0.5, 0.6) is 0 Å². The molecule has 29 heteroatoms. The number of ether oxygens (including phenoxy) is 3. The number of nitrogens with zero attached hydrogens (tertiary/aromatic N) is 7.